The van der Waals surface area contributed by atoms with Gasteiger partial charge in [0, 0.05) is 18.2 Å². The summed E-state index contributed by atoms with van der Waals surface area (Å²) >= 11 is 0. The Balaban J connectivity index is 1.71. The Morgan fingerprint density at radius 1 is 1.23 bits per heavy atom. The van der Waals surface area contributed by atoms with Crippen molar-refractivity contribution in [2.45, 2.75) is 19.1 Å². The fourth-order valence-electron chi connectivity index (χ4n) is 2.56. The van der Waals surface area contributed by atoms with Gasteiger partial charge in [0.15, 0.2) is 0 Å². The summed E-state index contributed by atoms with van der Waals surface area (Å²) in [6.07, 6.45) is -2.96. The number of nitrogens with zero attached hydrogens (tertiary/aromatic N) is 5. The highest BCUT2D eigenvalue weighted by atomic mass is 19.4. The van der Waals surface area contributed by atoms with Crippen molar-refractivity contribution in [2.24, 2.45) is 5.73 Å². The van der Waals surface area contributed by atoms with Gasteiger partial charge in [0.05, 0.1) is 6.54 Å². The van der Waals surface area contributed by atoms with Crippen molar-refractivity contribution in [3.8, 4) is 11.6 Å². The van der Waals surface area contributed by atoms with Gasteiger partial charge in [-0.3, -0.25) is 4.79 Å². The van der Waals surface area contributed by atoms with Crippen LogP contribution < -0.4 is 15.8 Å². The number of rotatable bonds is 8. The molecule has 1 amide bonds. The first-order chi connectivity index (χ1) is 14.3. The van der Waals surface area contributed by atoms with Crippen molar-refractivity contribution < 1.29 is 22.7 Å². The Bertz CT molecular complexity index is 994. The third kappa shape index (κ3) is 5.73. The summed E-state index contributed by atoms with van der Waals surface area (Å²) in [6.45, 7) is 0.848. The van der Waals surface area contributed by atoms with Crippen LogP contribution in [0.1, 0.15) is 21.6 Å². The lowest BCUT2D eigenvalue weighted by molar-refractivity contribution is -0.141. The minimum absolute atomic E-state index is 0.175. The number of halogens is 3. The maximum Gasteiger partial charge on any atom is 0.433 e. The number of ether oxygens (including phenoxy) is 1. The van der Waals surface area contributed by atoms with Crippen molar-refractivity contribution in [3.63, 3.8) is 0 Å². The summed E-state index contributed by atoms with van der Waals surface area (Å²) in [6, 6.07) is 8.37. The number of carbonyl (C=O) groups excluding carboxylic acids is 1. The summed E-state index contributed by atoms with van der Waals surface area (Å²) in [4.78, 5) is 15.8. The molecule has 0 unspecified atom stereocenters. The number of nitrogens with two attached hydrogens (primary N) is 1. The highest BCUT2D eigenvalue weighted by molar-refractivity contribution is 5.94. The van der Waals surface area contributed by atoms with Crippen LogP contribution in [-0.2, 0) is 19.1 Å². The van der Waals surface area contributed by atoms with Crippen LogP contribution in [0.2, 0.25) is 0 Å². The van der Waals surface area contributed by atoms with Crippen LogP contribution in [0.3, 0.4) is 0 Å². The first kappa shape index (κ1) is 21.2. The predicted molar refractivity (Wildman–Crippen MR) is 98.7 cm³/mol. The summed E-state index contributed by atoms with van der Waals surface area (Å²) in [5.41, 5.74) is 5.01. The monoisotopic (exact) mass is 421 g/mol. The van der Waals surface area contributed by atoms with Crippen LogP contribution in [0, 0.1) is 0 Å². The predicted octanol–water partition coefficient (Wildman–Crippen LogP) is 1.81. The van der Waals surface area contributed by atoms with E-state index in [1.54, 1.807) is 12.1 Å². The molecule has 0 aliphatic heterocycles. The molecule has 30 heavy (non-hydrogen) atoms. The van der Waals surface area contributed by atoms with E-state index in [9.17, 15) is 18.0 Å². The summed E-state index contributed by atoms with van der Waals surface area (Å²) in [5, 5.41) is 13.4. The van der Waals surface area contributed by atoms with Crippen LogP contribution in [0.4, 0.5) is 13.2 Å². The maximum absolute atomic E-state index is 13.1. The van der Waals surface area contributed by atoms with E-state index in [2.05, 4.69) is 25.8 Å². The van der Waals surface area contributed by atoms with Gasteiger partial charge in [-0.1, -0.05) is 6.07 Å². The number of aromatic nitrogens is 5. The molecule has 3 aromatic rings. The Morgan fingerprint density at radius 2 is 2.07 bits per heavy atom. The molecular formula is C18H18F3N7O2. The van der Waals surface area contributed by atoms with E-state index in [-0.39, 0.29) is 42.6 Å². The van der Waals surface area contributed by atoms with Crippen molar-refractivity contribution in [1.29, 1.82) is 0 Å². The molecule has 0 bridgehead atoms. The van der Waals surface area contributed by atoms with Gasteiger partial charge in [-0.15, -0.1) is 5.10 Å². The number of alkyl halides is 3. The zero-order valence-corrected chi connectivity index (χ0v) is 15.6. The van der Waals surface area contributed by atoms with Crippen molar-refractivity contribution in [3.05, 3.63) is 59.5 Å². The molecule has 2 aromatic heterocycles. The van der Waals surface area contributed by atoms with Gasteiger partial charge in [0.1, 0.15) is 17.8 Å². The molecule has 0 radical (unpaired) electrons. The van der Waals surface area contributed by atoms with E-state index in [1.165, 1.54) is 29.2 Å². The molecule has 3 rings (SSSR count). The van der Waals surface area contributed by atoms with Gasteiger partial charge in [0.25, 0.3) is 5.91 Å². The highest BCUT2D eigenvalue weighted by Gasteiger charge is 2.33. The molecular weight excluding hydrogens is 403 g/mol. The Labute approximate surface area is 169 Å². The van der Waals surface area contributed by atoms with E-state index in [4.69, 9.17) is 10.5 Å². The van der Waals surface area contributed by atoms with Crippen LogP contribution >= 0.6 is 0 Å². The fourth-order valence-corrected chi connectivity index (χ4v) is 2.56. The minimum Gasteiger partial charge on any atom is -0.439 e. The minimum atomic E-state index is -4.62. The van der Waals surface area contributed by atoms with E-state index < -0.39 is 11.9 Å². The van der Waals surface area contributed by atoms with E-state index in [1.807, 2.05) is 0 Å². The first-order valence-electron chi connectivity index (χ1n) is 8.90. The number of hydrogen-bond donors (Lipinski definition) is 2. The molecule has 0 saturated heterocycles. The van der Waals surface area contributed by atoms with E-state index in [0.717, 1.165) is 6.07 Å². The smallest absolute Gasteiger partial charge is 0.433 e. The number of nitrogens with one attached hydrogen (secondary N) is 1. The standard InChI is InChI=1S/C18H18F3N7O2/c19-18(20,21)15-8-12(4-5-22)9-16(25-15)30-14-3-1-2-13(10-14)17(29)23-6-7-28-11-24-26-27-28/h1-3,8-11H,4-7,22H2,(H,23,29). The van der Waals surface area contributed by atoms with Gasteiger partial charge < -0.3 is 15.8 Å². The molecule has 1 aromatic carbocycles. The van der Waals surface area contributed by atoms with Gasteiger partial charge in [-0.2, -0.15) is 13.2 Å². The van der Waals surface area contributed by atoms with Gasteiger partial charge in [0.2, 0.25) is 5.88 Å². The largest absolute Gasteiger partial charge is 0.439 e. The second kappa shape index (κ2) is 9.31. The second-order valence-corrected chi connectivity index (χ2v) is 6.19. The summed E-state index contributed by atoms with van der Waals surface area (Å²) in [5.74, 6) is -0.437. The van der Waals surface area contributed by atoms with Crippen LogP contribution in [0.15, 0.2) is 42.7 Å². The summed E-state index contributed by atoms with van der Waals surface area (Å²) < 4.78 is 46.3. The molecule has 0 spiro atoms. The molecule has 158 valence electrons. The zero-order valence-electron chi connectivity index (χ0n) is 15.6. The quantitative estimate of drug-likeness (QED) is 0.569. The molecule has 0 saturated carbocycles. The molecule has 2 heterocycles. The number of carbonyl (C=O) groups is 1. The zero-order chi connectivity index (χ0) is 21.6. The van der Waals surface area contributed by atoms with Crippen molar-refractivity contribution in [1.82, 2.24) is 30.5 Å². The summed E-state index contributed by atoms with van der Waals surface area (Å²) in [7, 11) is 0. The van der Waals surface area contributed by atoms with E-state index >= 15 is 0 Å². The Morgan fingerprint density at radius 3 is 2.77 bits per heavy atom. The molecule has 0 fully saturated rings. The average Bonchev–Trinajstić information content (AvgIpc) is 3.21. The van der Waals surface area contributed by atoms with E-state index in [0.29, 0.717) is 12.1 Å². The number of amides is 1. The molecule has 9 nitrogen and oxygen atoms in total. The molecule has 0 aliphatic carbocycles. The lowest BCUT2D eigenvalue weighted by Crippen LogP contribution is -2.27. The van der Waals surface area contributed by atoms with Crippen molar-refractivity contribution >= 4 is 5.91 Å². The first-order valence-corrected chi connectivity index (χ1v) is 8.90. The van der Waals surface area contributed by atoms with Crippen LogP contribution in [0.5, 0.6) is 11.6 Å². The normalized spacial score (nSPS) is 11.3. The fraction of sp³-hybridized carbons (Fsp3) is 0.278. The average molecular weight is 421 g/mol. The lowest BCUT2D eigenvalue weighted by atomic mass is 10.1. The third-order valence-electron chi connectivity index (χ3n) is 3.92. The SMILES string of the molecule is NCCc1cc(Oc2cccc(C(=O)NCCn3cnnn3)c2)nc(C(F)(F)F)c1. The Hall–Kier alpha value is -3.54. The van der Waals surface area contributed by atoms with Crippen LogP contribution in [0.25, 0.3) is 0 Å². The lowest BCUT2D eigenvalue weighted by Gasteiger charge is -2.12. The van der Waals surface area contributed by atoms with Gasteiger partial charge in [-0.05, 0) is 53.2 Å². The maximum atomic E-state index is 13.1. The molecule has 12 heteroatoms. The topological polar surface area (TPSA) is 121 Å². The number of hydrogen-bond acceptors (Lipinski definition) is 7. The number of pyridine rings is 1. The van der Waals surface area contributed by atoms with Crippen LogP contribution in [-0.4, -0.2) is 44.2 Å². The van der Waals surface area contributed by atoms with Gasteiger partial charge in [-0.25, -0.2) is 9.67 Å². The molecule has 0 aliphatic rings. The number of tetrazole rings is 1. The van der Waals surface area contributed by atoms with Gasteiger partial charge >= 0.3 is 6.18 Å². The highest BCUT2D eigenvalue weighted by Crippen LogP contribution is 2.31. The third-order valence-corrected chi connectivity index (χ3v) is 3.92. The van der Waals surface area contributed by atoms with Crippen molar-refractivity contribution in [2.75, 3.05) is 13.1 Å². The number of benzene rings is 1. The Kier molecular flexibility index (Phi) is 6.57. The molecule has 0 atom stereocenters. The second-order valence-electron chi connectivity index (χ2n) is 6.19. The molecule has 3 N–H and O–H groups in total.